The average Bonchev–Trinajstić information content (AvgIpc) is 2.72. The molecule has 0 aromatic rings. The minimum atomic E-state index is 0.184. The van der Waals surface area contributed by atoms with Gasteiger partial charge in [0.05, 0.1) is 5.60 Å². The van der Waals surface area contributed by atoms with Crippen LogP contribution in [-0.4, -0.2) is 25.8 Å². The van der Waals surface area contributed by atoms with Gasteiger partial charge in [0, 0.05) is 20.2 Å². The molecule has 1 aliphatic heterocycles. The summed E-state index contributed by atoms with van der Waals surface area (Å²) in [4.78, 5) is 0. The van der Waals surface area contributed by atoms with Gasteiger partial charge >= 0.3 is 0 Å². The number of hydrogen-bond acceptors (Lipinski definition) is 2. The van der Waals surface area contributed by atoms with Crippen LogP contribution in [0, 0.1) is 17.8 Å². The highest BCUT2D eigenvalue weighted by molar-refractivity contribution is 5.12. The zero-order valence-corrected chi connectivity index (χ0v) is 8.83. The van der Waals surface area contributed by atoms with E-state index in [1.54, 1.807) is 0 Å². The molecule has 14 heavy (non-hydrogen) atoms. The van der Waals surface area contributed by atoms with Gasteiger partial charge in [-0.1, -0.05) is 12.2 Å². The Hall–Kier alpha value is -0.340. The number of methoxy groups -OCH3 is 1. The van der Waals surface area contributed by atoms with E-state index in [1.807, 2.05) is 7.11 Å². The Morgan fingerprint density at radius 3 is 2.64 bits per heavy atom. The molecule has 3 rings (SSSR count). The van der Waals surface area contributed by atoms with Gasteiger partial charge in [0.15, 0.2) is 0 Å². The fourth-order valence-electron chi connectivity index (χ4n) is 3.38. The van der Waals surface area contributed by atoms with Crippen molar-refractivity contribution in [2.45, 2.75) is 24.9 Å². The Kier molecular flexibility index (Phi) is 1.96. The molecule has 3 atom stereocenters. The highest BCUT2D eigenvalue weighted by Crippen LogP contribution is 2.47. The number of nitrogens with one attached hydrogen (secondary N) is 1. The molecule has 78 valence electrons. The minimum absolute atomic E-state index is 0.184. The van der Waals surface area contributed by atoms with Crippen LogP contribution >= 0.6 is 0 Å². The Bertz CT molecular complexity index is 252. The Morgan fingerprint density at radius 2 is 2.21 bits per heavy atom. The summed E-state index contributed by atoms with van der Waals surface area (Å²) in [6.45, 7) is 2.11. The lowest BCUT2D eigenvalue weighted by molar-refractivity contribution is -0.0697. The van der Waals surface area contributed by atoms with Crippen molar-refractivity contribution in [3.8, 4) is 0 Å². The second-order valence-corrected chi connectivity index (χ2v) is 5.24. The molecular formula is C12H19NO. The molecule has 1 heterocycles. The lowest BCUT2D eigenvalue weighted by Gasteiger charge is -2.43. The zero-order valence-electron chi connectivity index (χ0n) is 8.83. The van der Waals surface area contributed by atoms with Crippen LogP contribution in [0.3, 0.4) is 0 Å². The molecule has 0 spiro atoms. The first-order chi connectivity index (χ1) is 6.81. The zero-order chi connectivity index (χ0) is 9.60. The maximum Gasteiger partial charge on any atom is 0.0928 e. The van der Waals surface area contributed by atoms with Crippen molar-refractivity contribution in [1.29, 1.82) is 0 Å². The maximum atomic E-state index is 5.66. The van der Waals surface area contributed by atoms with Gasteiger partial charge in [-0.25, -0.2) is 0 Å². The highest BCUT2D eigenvalue weighted by atomic mass is 16.5. The minimum Gasteiger partial charge on any atom is -0.376 e. The van der Waals surface area contributed by atoms with Gasteiger partial charge in [-0.15, -0.1) is 0 Å². The van der Waals surface area contributed by atoms with E-state index in [-0.39, 0.29) is 5.60 Å². The van der Waals surface area contributed by atoms with Gasteiger partial charge in [0.25, 0.3) is 0 Å². The van der Waals surface area contributed by atoms with Crippen LogP contribution in [0.2, 0.25) is 0 Å². The Balaban J connectivity index is 1.65. The first-order valence-corrected chi connectivity index (χ1v) is 5.75. The number of ether oxygens (including phenoxy) is 1. The molecule has 2 bridgehead atoms. The summed E-state index contributed by atoms with van der Waals surface area (Å²) in [5.74, 6) is 2.66. The van der Waals surface area contributed by atoms with Crippen molar-refractivity contribution in [2.75, 3.05) is 20.2 Å². The third-order valence-corrected chi connectivity index (χ3v) is 4.38. The molecule has 2 nitrogen and oxygen atoms in total. The van der Waals surface area contributed by atoms with Gasteiger partial charge in [0.2, 0.25) is 0 Å². The molecule has 3 unspecified atom stereocenters. The summed E-state index contributed by atoms with van der Waals surface area (Å²) in [5.41, 5.74) is 0.184. The van der Waals surface area contributed by atoms with Crippen LogP contribution in [0.15, 0.2) is 12.2 Å². The number of allylic oxidation sites excluding steroid dienone is 2. The third-order valence-electron chi connectivity index (χ3n) is 4.38. The summed E-state index contributed by atoms with van der Waals surface area (Å²) in [7, 11) is 1.86. The van der Waals surface area contributed by atoms with E-state index in [0.29, 0.717) is 0 Å². The molecule has 1 N–H and O–H groups in total. The number of hydrogen-bond donors (Lipinski definition) is 1. The highest BCUT2D eigenvalue weighted by Gasteiger charge is 2.44. The topological polar surface area (TPSA) is 21.3 Å². The molecule has 2 aliphatic carbocycles. The van der Waals surface area contributed by atoms with Gasteiger partial charge in [-0.3, -0.25) is 0 Å². The van der Waals surface area contributed by atoms with Crippen molar-refractivity contribution in [1.82, 2.24) is 5.32 Å². The smallest absolute Gasteiger partial charge is 0.0928 e. The van der Waals surface area contributed by atoms with E-state index in [1.165, 1.54) is 19.3 Å². The van der Waals surface area contributed by atoms with Crippen molar-refractivity contribution in [2.24, 2.45) is 17.8 Å². The van der Waals surface area contributed by atoms with E-state index in [9.17, 15) is 0 Å². The van der Waals surface area contributed by atoms with Gasteiger partial charge < -0.3 is 10.1 Å². The molecule has 0 amide bonds. The summed E-state index contributed by atoms with van der Waals surface area (Å²) >= 11 is 0. The van der Waals surface area contributed by atoms with Crippen molar-refractivity contribution < 1.29 is 4.74 Å². The van der Waals surface area contributed by atoms with E-state index < -0.39 is 0 Å². The summed E-state index contributed by atoms with van der Waals surface area (Å²) in [5, 5.41) is 3.33. The van der Waals surface area contributed by atoms with Crippen molar-refractivity contribution in [3.05, 3.63) is 12.2 Å². The molecule has 0 radical (unpaired) electrons. The Labute approximate surface area is 85.7 Å². The van der Waals surface area contributed by atoms with E-state index >= 15 is 0 Å². The summed E-state index contributed by atoms with van der Waals surface area (Å²) < 4.78 is 5.66. The van der Waals surface area contributed by atoms with Crippen LogP contribution < -0.4 is 5.32 Å². The third kappa shape index (κ3) is 1.24. The van der Waals surface area contributed by atoms with Crippen molar-refractivity contribution >= 4 is 0 Å². The molecule has 0 aromatic carbocycles. The molecule has 0 aromatic heterocycles. The predicted molar refractivity (Wildman–Crippen MR) is 56.1 cm³/mol. The van der Waals surface area contributed by atoms with Gasteiger partial charge in [0.1, 0.15) is 0 Å². The molecule has 3 aliphatic rings. The second kappa shape index (κ2) is 3.07. The first-order valence-electron chi connectivity index (χ1n) is 5.75. The molecule has 1 saturated carbocycles. The van der Waals surface area contributed by atoms with Crippen LogP contribution in [-0.2, 0) is 4.74 Å². The first kappa shape index (κ1) is 8.93. The van der Waals surface area contributed by atoms with Gasteiger partial charge in [-0.05, 0) is 37.0 Å². The van der Waals surface area contributed by atoms with E-state index in [0.717, 1.165) is 30.8 Å². The van der Waals surface area contributed by atoms with Crippen LogP contribution in [0.25, 0.3) is 0 Å². The molecular weight excluding hydrogens is 174 g/mol. The van der Waals surface area contributed by atoms with Crippen LogP contribution in [0.1, 0.15) is 19.3 Å². The number of rotatable bonds is 3. The summed E-state index contributed by atoms with van der Waals surface area (Å²) in [6, 6.07) is 0. The van der Waals surface area contributed by atoms with Crippen LogP contribution in [0.5, 0.6) is 0 Å². The number of fused-ring (bicyclic) bond motifs is 2. The molecule has 1 saturated heterocycles. The van der Waals surface area contributed by atoms with E-state index in [2.05, 4.69) is 17.5 Å². The molecule has 2 fully saturated rings. The lowest BCUT2D eigenvalue weighted by Crippen LogP contribution is -2.61. The van der Waals surface area contributed by atoms with Crippen molar-refractivity contribution in [3.63, 3.8) is 0 Å². The normalized spacial score (nSPS) is 42.8. The van der Waals surface area contributed by atoms with Crippen LogP contribution in [0.4, 0.5) is 0 Å². The largest absolute Gasteiger partial charge is 0.376 e. The predicted octanol–water partition coefficient (Wildman–Crippen LogP) is 1.58. The SMILES string of the molecule is COC1(CC2CC3C=CC2C3)CNC1. The van der Waals surface area contributed by atoms with E-state index in [4.69, 9.17) is 4.74 Å². The average molecular weight is 193 g/mol. The quantitative estimate of drug-likeness (QED) is 0.687. The fourth-order valence-corrected chi connectivity index (χ4v) is 3.38. The fraction of sp³-hybridized carbons (Fsp3) is 0.833. The molecule has 2 heteroatoms. The standard InChI is InChI=1S/C12H19NO/c1-14-12(7-13-8-12)6-11-5-9-2-3-10(11)4-9/h2-3,9-11,13H,4-8H2,1H3. The van der Waals surface area contributed by atoms with Gasteiger partial charge in [-0.2, -0.15) is 0 Å². The lowest BCUT2D eigenvalue weighted by atomic mass is 9.80. The monoisotopic (exact) mass is 193 g/mol. The Morgan fingerprint density at radius 1 is 1.36 bits per heavy atom. The maximum absolute atomic E-state index is 5.66. The second-order valence-electron chi connectivity index (χ2n) is 5.24. The summed E-state index contributed by atoms with van der Waals surface area (Å²) in [6.07, 6.45) is 8.94.